The zero-order valence-corrected chi connectivity index (χ0v) is 16.0. The van der Waals surface area contributed by atoms with E-state index in [9.17, 15) is 9.59 Å². The number of aryl methyl sites for hydroxylation is 1. The number of benzene rings is 1. The number of rotatable bonds is 6. The van der Waals surface area contributed by atoms with Crippen molar-refractivity contribution in [2.24, 2.45) is 11.8 Å². The standard InChI is InChI=1S/C21H32N2O2/c1-5-16-9-11-18(12-10-16)22-21(25)19(14(2)3)23-20(24)17-8-6-7-15(4)13-17/h6-8,13-14,16,18-19H,5,9-12H2,1-4H3,(H,22,25)(H,23,24). The van der Waals surface area contributed by atoms with Crippen LogP contribution in [0.25, 0.3) is 0 Å². The van der Waals surface area contributed by atoms with Gasteiger partial charge in [0.05, 0.1) is 0 Å². The van der Waals surface area contributed by atoms with Crippen molar-refractivity contribution in [2.45, 2.75) is 71.9 Å². The molecule has 4 nitrogen and oxygen atoms in total. The molecule has 0 radical (unpaired) electrons. The molecular weight excluding hydrogens is 312 g/mol. The monoisotopic (exact) mass is 344 g/mol. The van der Waals surface area contributed by atoms with E-state index in [2.05, 4.69) is 17.6 Å². The predicted octanol–water partition coefficient (Wildman–Crippen LogP) is 3.83. The van der Waals surface area contributed by atoms with Crippen molar-refractivity contribution in [3.8, 4) is 0 Å². The van der Waals surface area contributed by atoms with Gasteiger partial charge >= 0.3 is 0 Å². The summed E-state index contributed by atoms with van der Waals surface area (Å²) < 4.78 is 0. The Hall–Kier alpha value is -1.84. The first kappa shape index (κ1) is 19.5. The lowest BCUT2D eigenvalue weighted by Crippen LogP contribution is -2.52. The molecule has 2 N–H and O–H groups in total. The van der Waals surface area contributed by atoms with E-state index >= 15 is 0 Å². The van der Waals surface area contributed by atoms with Gasteiger partial charge in [-0.1, -0.05) is 44.9 Å². The highest BCUT2D eigenvalue weighted by atomic mass is 16.2. The lowest BCUT2D eigenvalue weighted by Gasteiger charge is -2.30. The van der Waals surface area contributed by atoms with Crippen molar-refractivity contribution in [3.05, 3.63) is 35.4 Å². The largest absolute Gasteiger partial charge is 0.352 e. The third-order valence-electron chi connectivity index (χ3n) is 5.29. The Morgan fingerprint density at radius 3 is 2.40 bits per heavy atom. The van der Waals surface area contributed by atoms with Crippen molar-refractivity contribution in [1.29, 1.82) is 0 Å². The van der Waals surface area contributed by atoms with Crippen molar-refractivity contribution in [1.82, 2.24) is 10.6 Å². The molecule has 1 fully saturated rings. The molecule has 2 amide bonds. The van der Waals surface area contributed by atoms with E-state index < -0.39 is 6.04 Å². The molecule has 1 aliphatic carbocycles. The molecule has 1 unspecified atom stereocenters. The van der Waals surface area contributed by atoms with Crippen LogP contribution in [0.5, 0.6) is 0 Å². The Labute approximate surface area is 151 Å². The van der Waals surface area contributed by atoms with E-state index in [4.69, 9.17) is 0 Å². The molecule has 1 aromatic carbocycles. The van der Waals surface area contributed by atoms with Crippen LogP contribution in [0.15, 0.2) is 24.3 Å². The Morgan fingerprint density at radius 2 is 1.84 bits per heavy atom. The Kier molecular flexibility index (Phi) is 7.03. The zero-order chi connectivity index (χ0) is 18.4. The van der Waals surface area contributed by atoms with Crippen LogP contribution in [0.2, 0.25) is 0 Å². The second-order valence-corrected chi connectivity index (χ2v) is 7.70. The molecule has 0 saturated heterocycles. The van der Waals surface area contributed by atoms with Gasteiger partial charge in [-0.05, 0) is 56.6 Å². The lowest BCUT2D eigenvalue weighted by molar-refractivity contribution is -0.124. The average molecular weight is 344 g/mol. The quantitative estimate of drug-likeness (QED) is 0.824. The van der Waals surface area contributed by atoms with Gasteiger partial charge in [0.25, 0.3) is 5.91 Å². The molecule has 1 aromatic rings. The molecule has 2 rings (SSSR count). The van der Waals surface area contributed by atoms with Crippen LogP contribution in [0, 0.1) is 18.8 Å². The molecule has 0 aromatic heterocycles. The van der Waals surface area contributed by atoms with Gasteiger partial charge in [0.15, 0.2) is 0 Å². The summed E-state index contributed by atoms with van der Waals surface area (Å²) in [6.07, 6.45) is 5.68. The first-order valence-corrected chi connectivity index (χ1v) is 9.58. The second-order valence-electron chi connectivity index (χ2n) is 7.70. The number of hydrogen-bond acceptors (Lipinski definition) is 2. The normalized spacial score (nSPS) is 21.6. The Bertz CT molecular complexity index is 589. The third-order valence-corrected chi connectivity index (χ3v) is 5.29. The molecule has 1 aliphatic rings. The summed E-state index contributed by atoms with van der Waals surface area (Å²) in [5, 5.41) is 6.08. The van der Waals surface area contributed by atoms with Gasteiger partial charge in [-0.25, -0.2) is 0 Å². The fourth-order valence-electron chi connectivity index (χ4n) is 3.55. The highest BCUT2D eigenvalue weighted by molar-refractivity contribution is 5.97. The minimum Gasteiger partial charge on any atom is -0.352 e. The van der Waals surface area contributed by atoms with E-state index in [1.165, 1.54) is 19.3 Å². The number of amides is 2. The van der Waals surface area contributed by atoms with Gasteiger partial charge < -0.3 is 10.6 Å². The topological polar surface area (TPSA) is 58.2 Å². The van der Waals surface area contributed by atoms with Gasteiger partial charge in [0, 0.05) is 11.6 Å². The molecule has 0 bridgehead atoms. The van der Waals surface area contributed by atoms with Crippen LogP contribution in [0.4, 0.5) is 0 Å². The molecule has 4 heteroatoms. The molecule has 1 saturated carbocycles. The Balaban J connectivity index is 1.95. The number of hydrogen-bond donors (Lipinski definition) is 2. The van der Waals surface area contributed by atoms with Crippen LogP contribution >= 0.6 is 0 Å². The van der Waals surface area contributed by atoms with E-state index in [1.54, 1.807) is 6.07 Å². The number of nitrogens with one attached hydrogen (secondary N) is 2. The highest BCUT2D eigenvalue weighted by Crippen LogP contribution is 2.26. The van der Waals surface area contributed by atoms with E-state index in [1.807, 2.05) is 39.0 Å². The summed E-state index contributed by atoms with van der Waals surface area (Å²) in [6.45, 7) is 8.12. The van der Waals surface area contributed by atoms with Crippen molar-refractivity contribution >= 4 is 11.8 Å². The number of carbonyl (C=O) groups excluding carboxylic acids is 2. The molecule has 138 valence electrons. The third kappa shape index (κ3) is 5.58. The van der Waals surface area contributed by atoms with Gasteiger partial charge in [0.2, 0.25) is 5.91 Å². The Morgan fingerprint density at radius 1 is 1.16 bits per heavy atom. The SMILES string of the molecule is CCC1CCC(NC(=O)C(NC(=O)c2cccc(C)c2)C(C)C)CC1. The molecular formula is C21H32N2O2. The van der Waals surface area contributed by atoms with Crippen LogP contribution in [-0.2, 0) is 4.79 Å². The fraction of sp³-hybridized carbons (Fsp3) is 0.619. The van der Waals surface area contributed by atoms with Crippen LogP contribution in [0.3, 0.4) is 0 Å². The zero-order valence-electron chi connectivity index (χ0n) is 16.0. The van der Waals surface area contributed by atoms with Gasteiger partial charge in [-0.3, -0.25) is 9.59 Å². The van der Waals surface area contributed by atoms with Crippen molar-refractivity contribution < 1.29 is 9.59 Å². The summed E-state index contributed by atoms with van der Waals surface area (Å²) in [6, 6.07) is 7.18. The maximum Gasteiger partial charge on any atom is 0.251 e. The predicted molar refractivity (Wildman–Crippen MR) is 101 cm³/mol. The minimum absolute atomic E-state index is 0.0424. The second kappa shape index (κ2) is 9.02. The van der Waals surface area contributed by atoms with Gasteiger partial charge in [0.1, 0.15) is 6.04 Å². The highest BCUT2D eigenvalue weighted by Gasteiger charge is 2.28. The molecule has 0 spiro atoms. The average Bonchev–Trinajstić information content (AvgIpc) is 2.59. The molecule has 25 heavy (non-hydrogen) atoms. The van der Waals surface area contributed by atoms with E-state index in [-0.39, 0.29) is 23.8 Å². The summed E-state index contributed by atoms with van der Waals surface area (Å²) in [4.78, 5) is 25.2. The summed E-state index contributed by atoms with van der Waals surface area (Å²) >= 11 is 0. The maximum atomic E-state index is 12.7. The van der Waals surface area contributed by atoms with Crippen LogP contribution < -0.4 is 10.6 Å². The van der Waals surface area contributed by atoms with Crippen LogP contribution in [-0.4, -0.2) is 23.9 Å². The molecule has 0 aliphatic heterocycles. The van der Waals surface area contributed by atoms with Gasteiger partial charge in [-0.2, -0.15) is 0 Å². The summed E-state index contributed by atoms with van der Waals surface area (Å²) in [5.74, 6) is 0.596. The number of carbonyl (C=O) groups is 2. The fourth-order valence-corrected chi connectivity index (χ4v) is 3.55. The van der Waals surface area contributed by atoms with Gasteiger partial charge in [-0.15, -0.1) is 0 Å². The molecule has 0 heterocycles. The van der Waals surface area contributed by atoms with E-state index in [0.29, 0.717) is 5.56 Å². The maximum absolute atomic E-state index is 12.7. The first-order chi connectivity index (χ1) is 11.9. The lowest BCUT2D eigenvalue weighted by atomic mass is 9.84. The van der Waals surface area contributed by atoms with Crippen molar-refractivity contribution in [3.63, 3.8) is 0 Å². The summed E-state index contributed by atoms with van der Waals surface area (Å²) in [5.41, 5.74) is 1.63. The van der Waals surface area contributed by atoms with Crippen molar-refractivity contribution in [2.75, 3.05) is 0 Å². The minimum atomic E-state index is -0.503. The van der Waals surface area contributed by atoms with Crippen LogP contribution in [0.1, 0.15) is 68.8 Å². The smallest absolute Gasteiger partial charge is 0.251 e. The molecule has 1 atom stereocenters. The first-order valence-electron chi connectivity index (χ1n) is 9.58. The summed E-state index contributed by atoms with van der Waals surface area (Å²) in [7, 11) is 0. The van der Waals surface area contributed by atoms with E-state index in [0.717, 1.165) is 24.3 Å².